The van der Waals surface area contributed by atoms with E-state index in [-0.39, 0.29) is 47.7 Å². The van der Waals surface area contributed by atoms with Crippen molar-refractivity contribution in [1.29, 1.82) is 0 Å². The minimum atomic E-state index is -1.04. The number of carboxylic acids is 1. The quantitative estimate of drug-likeness (QED) is 0.509. The maximum atomic E-state index is 14.1. The fourth-order valence-electron chi connectivity index (χ4n) is 2.85. The second-order valence-electron chi connectivity index (χ2n) is 6.44. The van der Waals surface area contributed by atoms with Crippen LogP contribution in [-0.4, -0.2) is 22.1 Å². The average molecular weight is 455 g/mol. The third-order valence-corrected chi connectivity index (χ3v) is 4.32. The summed E-state index contributed by atoms with van der Waals surface area (Å²) in [6.07, 6.45) is 1.15. The molecule has 0 aliphatic rings. The molecule has 5 nitrogen and oxygen atoms in total. The Morgan fingerprint density at radius 3 is 2.57 bits per heavy atom. The zero-order chi connectivity index (χ0) is 21.0. The maximum Gasteiger partial charge on any atom is 0.304 e. The van der Waals surface area contributed by atoms with E-state index < -0.39 is 17.8 Å². The first-order valence-corrected chi connectivity index (χ1v) is 9.05. The van der Waals surface area contributed by atoms with Gasteiger partial charge in [-0.05, 0) is 53.4 Å². The van der Waals surface area contributed by atoms with Crippen LogP contribution in [0.15, 0.2) is 54.7 Å². The molecule has 0 bridgehead atoms. The fraction of sp³-hybridized carbons (Fsp3) is 0.143. The summed E-state index contributed by atoms with van der Waals surface area (Å²) in [4.78, 5) is 14.8. The summed E-state index contributed by atoms with van der Waals surface area (Å²) in [6, 6.07) is 11.4. The third kappa shape index (κ3) is 6.13. The van der Waals surface area contributed by atoms with E-state index in [1.54, 1.807) is 30.3 Å². The molecule has 0 spiro atoms. The molecule has 0 saturated carbocycles. The van der Waals surface area contributed by atoms with Crippen molar-refractivity contribution in [3.63, 3.8) is 0 Å². The van der Waals surface area contributed by atoms with Crippen LogP contribution in [0, 0.1) is 11.6 Å². The molecule has 0 aliphatic carbocycles. The summed E-state index contributed by atoms with van der Waals surface area (Å²) in [5, 5.41) is 9.09. The number of aliphatic carboxylic acids is 1. The lowest BCUT2D eigenvalue weighted by Crippen LogP contribution is -2.26. The molecule has 30 heavy (non-hydrogen) atoms. The van der Waals surface area contributed by atoms with Crippen LogP contribution in [0.3, 0.4) is 0 Å². The number of carboxylic acid groups (broad SMARTS) is 1. The van der Waals surface area contributed by atoms with Crippen molar-refractivity contribution in [3.8, 4) is 22.8 Å². The van der Waals surface area contributed by atoms with Gasteiger partial charge in [0.1, 0.15) is 11.6 Å². The third-order valence-electron chi connectivity index (χ3n) is 4.12. The Bertz CT molecular complexity index is 1050. The Labute approximate surface area is 182 Å². The molecule has 2 aromatic carbocycles. The molecule has 0 saturated heterocycles. The van der Waals surface area contributed by atoms with Crippen LogP contribution < -0.4 is 10.5 Å². The van der Waals surface area contributed by atoms with Gasteiger partial charge in [-0.1, -0.05) is 29.8 Å². The first-order valence-electron chi connectivity index (χ1n) is 8.67. The minimum absolute atomic E-state index is 0. The number of hydrogen-bond acceptors (Lipinski definition) is 4. The predicted octanol–water partition coefficient (Wildman–Crippen LogP) is 5.24. The number of nitrogens with zero attached hydrogens (tertiary/aromatic N) is 1. The number of nitrogens with two attached hydrogens (primary N) is 1. The van der Waals surface area contributed by atoms with Crippen LogP contribution in [0.4, 0.5) is 8.78 Å². The Morgan fingerprint density at radius 1 is 1.17 bits per heavy atom. The van der Waals surface area contributed by atoms with E-state index in [2.05, 4.69) is 4.98 Å². The highest BCUT2D eigenvalue weighted by molar-refractivity contribution is 6.30. The van der Waals surface area contributed by atoms with Crippen molar-refractivity contribution in [1.82, 2.24) is 4.98 Å². The van der Waals surface area contributed by atoms with E-state index in [1.165, 1.54) is 18.3 Å². The summed E-state index contributed by atoms with van der Waals surface area (Å²) < 4.78 is 33.2. The van der Waals surface area contributed by atoms with Crippen molar-refractivity contribution in [2.45, 2.75) is 18.9 Å². The smallest absolute Gasteiger partial charge is 0.304 e. The number of benzene rings is 2. The van der Waals surface area contributed by atoms with Crippen molar-refractivity contribution in [3.05, 3.63) is 76.9 Å². The van der Waals surface area contributed by atoms with Gasteiger partial charge < -0.3 is 15.6 Å². The molecule has 0 amide bonds. The van der Waals surface area contributed by atoms with Crippen LogP contribution in [0.1, 0.15) is 12.0 Å². The second-order valence-corrected chi connectivity index (χ2v) is 6.87. The Morgan fingerprint density at radius 2 is 1.90 bits per heavy atom. The van der Waals surface area contributed by atoms with E-state index in [1.807, 2.05) is 0 Å². The van der Waals surface area contributed by atoms with Crippen molar-refractivity contribution in [2.75, 3.05) is 0 Å². The van der Waals surface area contributed by atoms with Gasteiger partial charge in [-0.15, -0.1) is 12.4 Å². The van der Waals surface area contributed by atoms with Gasteiger partial charge >= 0.3 is 5.97 Å². The van der Waals surface area contributed by atoms with E-state index in [4.69, 9.17) is 27.2 Å². The SMILES string of the molecule is Cl.N[C@H](CC(=O)O)Cc1cc(-c2cccc(F)c2)ccc1Oc1ncc(Cl)cc1F. The van der Waals surface area contributed by atoms with Gasteiger partial charge in [0.15, 0.2) is 5.82 Å². The lowest BCUT2D eigenvalue weighted by molar-refractivity contribution is -0.137. The van der Waals surface area contributed by atoms with Gasteiger partial charge in [-0.3, -0.25) is 4.79 Å². The highest BCUT2D eigenvalue weighted by atomic mass is 35.5. The highest BCUT2D eigenvalue weighted by Crippen LogP contribution is 2.32. The summed E-state index contributed by atoms with van der Waals surface area (Å²) in [5.41, 5.74) is 7.77. The van der Waals surface area contributed by atoms with Crippen LogP contribution in [-0.2, 0) is 11.2 Å². The molecule has 0 radical (unpaired) electrons. The number of aromatic nitrogens is 1. The number of hydrogen-bond donors (Lipinski definition) is 2. The summed E-state index contributed by atoms with van der Waals surface area (Å²) in [7, 11) is 0. The van der Waals surface area contributed by atoms with Crippen LogP contribution >= 0.6 is 24.0 Å². The van der Waals surface area contributed by atoms with E-state index >= 15 is 0 Å². The molecular weight excluding hydrogens is 437 g/mol. The molecule has 1 heterocycles. The predicted molar refractivity (Wildman–Crippen MR) is 112 cm³/mol. The molecular formula is C21H18Cl2F2N2O3. The molecule has 0 aliphatic heterocycles. The first kappa shape index (κ1) is 23.5. The number of carbonyl (C=O) groups is 1. The van der Waals surface area contributed by atoms with Crippen molar-refractivity contribution < 1.29 is 23.4 Å². The van der Waals surface area contributed by atoms with Crippen molar-refractivity contribution >= 4 is 30.0 Å². The largest absolute Gasteiger partial charge is 0.481 e. The van der Waals surface area contributed by atoms with Crippen LogP contribution in [0.2, 0.25) is 5.02 Å². The Kier molecular flexibility index (Phi) is 8.11. The zero-order valence-electron chi connectivity index (χ0n) is 15.5. The van der Waals surface area contributed by atoms with Gasteiger partial charge in [-0.2, -0.15) is 0 Å². The van der Waals surface area contributed by atoms with Gasteiger partial charge in [0.05, 0.1) is 11.4 Å². The summed E-state index contributed by atoms with van der Waals surface area (Å²) >= 11 is 5.71. The second kappa shape index (κ2) is 10.3. The number of pyridine rings is 1. The number of halogens is 4. The molecule has 0 fully saturated rings. The van der Waals surface area contributed by atoms with E-state index in [0.717, 1.165) is 6.07 Å². The highest BCUT2D eigenvalue weighted by Gasteiger charge is 2.16. The van der Waals surface area contributed by atoms with Gasteiger partial charge in [0.2, 0.25) is 0 Å². The van der Waals surface area contributed by atoms with E-state index in [0.29, 0.717) is 16.7 Å². The Balaban J connectivity index is 0.00000320. The lowest BCUT2D eigenvalue weighted by Gasteiger charge is -2.16. The van der Waals surface area contributed by atoms with Crippen LogP contribution in [0.5, 0.6) is 11.6 Å². The van der Waals surface area contributed by atoms with Gasteiger partial charge in [-0.25, -0.2) is 13.8 Å². The molecule has 158 valence electrons. The van der Waals surface area contributed by atoms with Gasteiger partial charge in [0, 0.05) is 12.2 Å². The molecule has 9 heteroatoms. The number of rotatable bonds is 7. The van der Waals surface area contributed by atoms with Crippen molar-refractivity contribution in [2.24, 2.45) is 5.73 Å². The zero-order valence-corrected chi connectivity index (χ0v) is 17.1. The van der Waals surface area contributed by atoms with Gasteiger partial charge in [0.25, 0.3) is 5.88 Å². The average Bonchev–Trinajstić information content (AvgIpc) is 2.64. The minimum Gasteiger partial charge on any atom is -0.481 e. The molecule has 3 N–H and O–H groups in total. The Hall–Kier alpha value is -2.74. The molecule has 3 rings (SSSR count). The van der Waals surface area contributed by atoms with Crippen LogP contribution in [0.25, 0.3) is 11.1 Å². The number of ether oxygens (including phenoxy) is 1. The first-order chi connectivity index (χ1) is 13.8. The van der Waals surface area contributed by atoms with E-state index in [9.17, 15) is 13.6 Å². The maximum absolute atomic E-state index is 14.1. The summed E-state index contributed by atoms with van der Waals surface area (Å²) in [6.45, 7) is 0. The molecule has 1 atom stereocenters. The normalized spacial score (nSPS) is 11.5. The topological polar surface area (TPSA) is 85.4 Å². The summed E-state index contributed by atoms with van der Waals surface area (Å²) in [5.74, 6) is -2.18. The fourth-order valence-corrected chi connectivity index (χ4v) is 2.99. The standard InChI is InChI=1S/C21H17ClF2N2O3.ClH/c22-15-9-18(24)21(26-11-15)29-19-5-4-13(12-2-1-3-16(23)7-12)6-14(19)8-17(25)10-20(27)28;/h1-7,9,11,17H,8,10,25H2,(H,27,28);1H/t17-;/m0./s1. The lowest BCUT2D eigenvalue weighted by atomic mass is 9.97. The monoisotopic (exact) mass is 454 g/mol. The molecule has 1 aromatic heterocycles. The molecule has 3 aromatic rings. The molecule has 0 unspecified atom stereocenters.